The van der Waals surface area contributed by atoms with Crippen LogP contribution in [0, 0.1) is 11.7 Å². The van der Waals surface area contributed by atoms with Gasteiger partial charge >= 0.3 is 0 Å². The molecule has 4 aromatic rings. The molecule has 10 heteroatoms. The van der Waals surface area contributed by atoms with Crippen molar-refractivity contribution in [1.82, 2.24) is 24.3 Å². The van der Waals surface area contributed by atoms with Crippen molar-refractivity contribution in [1.29, 1.82) is 0 Å². The highest BCUT2D eigenvalue weighted by Gasteiger charge is 2.21. The van der Waals surface area contributed by atoms with Gasteiger partial charge in [0.1, 0.15) is 22.4 Å². The van der Waals surface area contributed by atoms with Gasteiger partial charge in [0.2, 0.25) is 0 Å². The zero-order chi connectivity index (χ0) is 22.9. The topological polar surface area (TPSA) is 88.6 Å². The molecule has 0 radical (unpaired) electrons. The molecule has 0 bridgehead atoms. The van der Waals surface area contributed by atoms with E-state index in [9.17, 15) is 0 Å². The average molecular weight is 450 g/mol. The van der Waals surface area contributed by atoms with Crippen molar-refractivity contribution in [3.8, 4) is 22.8 Å². The quantitative estimate of drug-likeness (QED) is 0.449. The number of hydrogen-bond acceptors (Lipinski definition) is 7. The van der Waals surface area contributed by atoms with Crippen LogP contribution in [0.4, 0.5) is 10.1 Å². The lowest BCUT2D eigenvalue weighted by Crippen LogP contribution is -2.35. The first-order chi connectivity index (χ1) is 16.1. The van der Waals surface area contributed by atoms with Crippen LogP contribution in [0.1, 0.15) is 0 Å². The van der Waals surface area contributed by atoms with Crippen molar-refractivity contribution in [2.45, 2.75) is 6.54 Å². The van der Waals surface area contributed by atoms with Gasteiger partial charge in [0.15, 0.2) is 17.2 Å². The molecule has 0 spiro atoms. The van der Waals surface area contributed by atoms with Crippen molar-refractivity contribution >= 4 is 16.9 Å². The van der Waals surface area contributed by atoms with Crippen LogP contribution in [0.5, 0.6) is 11.5 Å². The second-order valence-corrected chi connectivity index (χ2v) is 7.85. The SMILES string of the molecule is COc1cc(N=c2ccc3ncc(-c4cnn(C)c4)nc3n2CC2COC2)c(F)c(OC)c1. The third-order valence-corrected chi connectivity index (χ3v) is 5.54. The van der Waals surface area contributed by atoms with E-state index < -0.39 is 5.82 Å². The average Bonchev–Trinajstić information content (AvgIpc) is 3.24. The highest BCUT2D eigenvalue weighted by Crippen LogP contribution is 2.32. The molecule has 0 unspecified atom stereocenters. The summed E-state index contributed by atoms with van der Waals surface area (Å²) in [5.41, 5.74) is 3.57. The maximum Gasteiger partial charge on any atom is 0.190 e. The molecule has 0 saturated carbocycles. The first-order valence-electron chi connectivity index (χ1n) is 10.5. The molecule has 0 aliphatic carbocycles. The van der Waals surface area contributed by atoms with E-state index >= 15 is 4.39 Å². The number of fused-ring (bicyclic) bond motifs is 1. The molecule has 1 aliphatic heterocycles. The Morgan fingerprint density at radius 2 is 2.03 bits per heavy atom. The Hall–Kier alpha value is -3.79. The van der Waals surface area contributed by atoms with Gasteiger partial charge in [0.25, 0.3) is 0 Å². The molecule has 0 amide bonds. The lowest BCUT2D eigenvalue weighted by molar-refractivity contribution is -0.0394. The van der Waals surface area contributed by atoms with Crippen LogP contribution in [0.3, 0.4) is 0 Å². The van der Waals surface area contributed by atoms with Gasteiger partial charge in [-0.2, -0.15) is 5.10 Å². The first-order valence-corrected chi connectivity index (χ1v) is 10.5. The normalized spacial score (nSPS) is 14.5. The number of pyridine rings is 1. The summed E-state index contributed by atoms with van der Waals surface area (Å²) in [5, 5.41) is 4.22. The van der Waals surface area contributed by atoms with Crippen molar-refractivity contribution < 1.29 is 18.6 Å². The van der Waals surface area contributed by atoms with E-state index in [1.54, 1.807) is 17.1 Å². The van der Waals surface area contributed by atoms with Crippen LogP contribution in [0.25, 0.3) is 22.4 Å². The van der Waals surface area contributed by atoms with E-state index in [1.165, 1.54) is 26.4 Å². The van der Waals surface area contributed by atoms with Gasteiger partial charge in [-0.05, 0) is 12.1 Å². The molecule has 3 aromatic heterocycles. The number of ether oxygens (including phenoxy) is 3. The largest absolute Gasteiger partial charge is 0.497 e. The van der Waals surface area contributed by atoms with Crippen molar-refractivity contribution in [3.05, 3.63) is 54.2 Å². The van der Waals surface area contributed by atoms with Gasteiger partial charge in [-0.15, -0.1) is 0 Å². The molecule has 4 heterocycles. The zero-order valence-electron chi connectivity index (χ0n) is 18.5. The number of rotatable bonds is 6. The van der Waals surface area contributed by atoms with Crippen LogP contribution < -0.4 is 15.0 Å². The summed E-state index contributed by atoms with van der Waals surface area (Å²) in [4.78, 5) is 14.1. The highest BCUT2D eigenvalue weighted by atomic mass is 19.1. The molecule has 1 aliphatic rings. The lowest BCUT2D eigenvalue weighted by atomic mass is 10.1. The predicted octanol–water partition coefficient (Wildman–Crippen LogP) is 2.87. The Kier molecular flexibility index (Phi) is 5.51. The maximum atomic E-state index is 15.0. The van der Waals surface area contributed by atoms with E-state index in [4.69, 9.17) is 19.2 Å². The monoisotopic (exact) mass is 450 g/mol. The molecule has 33 heavy (non-hydrogen) atoms. The number of nitrogens with zero attached hydrogens (tertiary/aromatic N) is 6. The summed E-state index contributed by atoms with van der Waals surface area (Å²) < 4.78 is 34.5. The Balaban J connectivity index is 1.72. The standard InChI is InChI=1S/C23H23FN6O3/c1-29-11-15(8-26-29)19-9-25-17-4-5-21(30(23(17)28-19)10-14-12-33-13-14)27-18-6-16(31-2)7-20(32-3)22(18)24/h4-9,11,14H,10,12-13H2,1-3H3. The summed E-state index contributed by atoms with van der Waals surface area (Å²) in [6, 6.07) is 6.67. The molecule has 1 saturated heterocycles. The fourth-order valence-corrected chi connectivity index (χ4v) is 3.70. The zero-order valence-corrected chi connectivity index (χ0v) is 18.5. The van der Waals surface area contributed by atoms with Gasteiger partial charge in [0.05, 0.1) is 45.5 Å². The lowest BCUT2D eigenvalue weighted by Gasteiger charge is -2.27. The van der Waals surface area contributed by atoms with Gasteiger partial charge in [-0.25, -0.2) is 14.4 Å². The minimum Gasteiger partial charge on any atom is -0.497 e. The Labute approximate surface area is 189 Å². The van der Waals surface area contributed by atoms with Crippen LogP contribution in [0.15, 0.2) is 47.8 Å². The van der Waals surface area contributed by atoms with E-state index in [-0.39, 0.29) is 11.4 Å². The molecule has 1 fully saturated rings. The van der Waals surface area contributed by atoms with E-state index in [2.05, 4.69) is 15.1 Å². The number of aryl methyl sites for hydroxylation is 1. The van der Waals surface area contributed by atoms with Gasteiger partial charge in [0, 0.05) is 43.4 Å². The molecule has 1 aromatic carbocycles. The third-order valence-electron chi connectivity index (χ3n) is 5.54. The summed E-state index contributed by atoms with van der Waals surface area (Å²) in [6.07, 6.45) is 5.34. The fraction of sp³-hybridized carbons (Fsp3) is 0.304. The van der Waals surface area contributed by atoms with Crippen LogP contribution in [-0.4, -0.2) is 51.7 Å². The Morgan fingerprint density at radius 1 is 1.18 bits per heavy atom. The minimum absolute atomic E-state index is 0.0616. The van der Waals surface area contributed by atoms with Gasteiger partial charge < -0.3 is 18.8 Å². The Bertz CT molecular complexity index is 1390. The number of methoxy groups -OCH3 is 2. The molecule has 9 nitrogen and oxygen atoms in total. The van der Waals surface area contributed by atoms with E-state index in [0.29, 0.717) is 53.8 Å². The van der Waals surface area contributed by atoms with Crippen molar-refractivity contribution in [3.63, 3.8) is 0 Å². The summed E-state index contributed by atoms with van der Waals surface area (Å²) in [6.45, 7) is 1.92. The second kappa shape index (κ2) is 8.62. The smallest absolute Gasteiger partial charge is 0.190 e. The summed E-state index contributed by atoms with van der Waals surface area (Å²) in [7, 11) is 4.77. The fourth-order valence-electron chi connectivity index (χ4n) is 3.70. The van der Waals surface area contributed by atoms with Gasteiger partial charge in [-0.1, -0.05) is 0 Å². The highest BCUT2D eigenvalue weighted by molar-refractivity contribution is 5.73. The molecule has 170 valence electrons. The van der Waals surface area contributed by atoms with E-state index in [1.807, 2.05) is 29.9 Å². The second-order valence-electron chi connectivity index (χ2n) is 7.85. The van der Waals surface area contributed by atoms with Crippen LogP contribution in [-0.2, 0) is 18.3 Å². The molecular weight excluding hydrogens is 427 g/mol. The van der Waals surface area contributed by atoms with Gasteiger partial charge in [-0.3, -0.25) is 9.67 Å². The molecular formula is C23H23FN6O3. The number of hydrogen-bond donors (Lipinski definition) is 0. The first kappa shape index (κ1) is 21.1. The molecule has 5 rings (SSSR count). The molecule has 0 atom stereocenters. The Morgan fingerprint density at radius 3 is 2.70 bits per heavy atom. The summed E-state index contributed by atoms with van der Waals surface area (Å²) >= 11 is 0. The number of aromatic nitrogens is 5. The van der Waals surface area contributed by atoms with Crippen molar-refractivity contribution in [2.24, 2.45) is 18.0 Å². The number of halogens is 1. The van der Waals surface area contributed by atoms with E-state index in [0.717, 1.165) is 5.56 Å². The number of benzene rings is 1. The molecule has 0 N–H and O–H groups in total. The van der Waals surface area contributed by atoms with Crippen molar-refractivity contribution in [2.75, 3.05) is 27.4 Å². The third kappa shape index (κ3) is 4.05. The maximum absolute atomic E-state index is 15.0. The minimum atomic E-state index is -0.563. The van der Waals surface area contributed by atoms with Crippen LogP contribution in [0.2, 0.25) is 0 Å². The van der Waals surface area contributed by atoms with Crippen LogP contribution >= 0.6 is 0 Å². The summed E-state index contributed by atoms with van der Waals surface area (Å²) in [5.74, 6) is 0.257. The predicted molar refractivity (Wildman–Crippen MR) is 119 cm³/mol.